The second kappa shape index (κ2) is 9.28. The molecule has 4 rings (SSSR count). The fourth-order valence-corrected chi connectivity index (χ4v) is 4.31. The smallest absolute Gasteiger partial charge is 0.407 e. The van der Waals surface area contributed by atoms with Gasteiger partial charge in [0.2, 0.25) is 5.91 Å². The number of aliphatic carboxylic acids is 1. The number of hydrogen-bond donors (Lipinski definition) is 3. The minimum absolute atomic E-state index is 0.203. The summed E-state index contributed by atoms with van der Waals surface area (Å²) in [4.78, 5) is 48.0. The van der Waals surface area contributed by atoms with Crippen LogP contribution in [0.2, 0.25) is 0 Å². The number of benzene rings is 2. The van der Waals surface area contributed by atoms with E-state index in [1.807, 2.05) is 59.3 Å². The minimum atomic E-state index is -4.88. The Balaban J connectivity index is 1.48. The third-order valence-electron chi connectivity index (χ3n) is 5.83. The normalized spacial score (nSPS) is 17.9. The zero-order chi connectivity index (χ0) is 25.3. The van der Waals surface area contributed by atoms with Crippen LogP contribution in [0, 0.1) is 0 Å². The van der Waals surface area contributed by atoms with Crippen LogP contribution in [-0.4, -0.2) is 58.9 Å². The van der Waals surface area contributed by atoms with Gasteiger partial charge in [0.15, 0.2) is 6.04 Å². The maximum absolute atomic E-state index is 13.1. The van der Waals surface area contributed by atoms with E-state index in [0.717, 1.165) is 22.3 Å². The number of rotatable bonds is 6. The lowest BCUT2D eigenvalue weighted by molar-refractivity contribution is -0.160. The number of carbonyl (C=O) groups is 4. The van der Waals surface area contributed by atoms with Crippen LogP contribution in [0.25, 0.3) is 11.1 Å². The second-order valence-electron chi connectivity index (χ2n) is 8.14. The van der Waals surface area contributed by atoms with E-state index in [1.54, 1.807) is 0 Å². The van der Waals surface area contributed by atoms with E-state index < -0.39 is 55.0 Å². The molecule has 0 saturated carbocycles. The first-order chi connectivity index (χ1) is 16.5. The number of carboxylic acids is 1. The lowest BCUT2D eigenvalue weighted by Crippen LogP contribution is -2.56. The van der Waals surface area contributed by atoms with Crippen LogP contribution in [0.15, 0.2) is 48.5 Å². The van der Waals surface area contributed by atoms with E-state index in [4.69, 9.17) is 4.74 Å². The number of carbonyl (C=O) groups excluding carboxylic acids is 3. The molecule has 184 valence electrons. The molecule has 1 aliphatic carbocycles. The first-order valence-electron chi connectivity index (χ1n) is 10.6. The summed E-state index contributed by atoms with van der Waals surface area (Å²) in [6.45, 7) is -0.203. The van der Waals surface area contributed by atoms with E-state index in [-0.39, 0.29) is 12.5 Å². The van der Waals surface area contributed by atoms with Gasteiger partial charge >= 0.3 is 18.2 Å². The molecule has 2 atom stereocenters. The van der Waals surface area contributed by atoms with Gasteiger partial charge in [0.1, 0.15) is 12.6 Å². The predicted octanol–water partition coefficient (Wildman–Crippen LogP) is 2.56. The number of nitrogens with zero attached hydrogens (tertiary/aromatic N) is 1. The summed E-state index contributed by atoms with van der Waals surface area (Å²) in [5.74, 6) is -4.21. The molecule has 3 N–H and O–H groups in total. The van der Waals surface area contributed by atoms with Crippen LogP contribution < -0.4 is 10.7 Å². The van der Waals surface area contributed by atoms with Crippen molar-refractivity contribution in [3.63, 3.8) is 0 Å². The van der Waals surface area contributed by atoms with E-state index in [9.17, 15) is 37.5 Å². The highest BCUT2D eigenvalue weighted by atomic mass is 19.4. The van der Waals surface area contributed by atoms with Crippen LogP contribution in [0.5, 0.6) is 0 Å². The third-order valence-corrected chi connectivity index (χ3v) is 5.83. The van der Waals surface area contributed by atoms with Crippen molar-refractivity contribution in [3.05, 3.63) is 59.7 Å². The van der Waals surface area contributed by atoms with Crippen molar-refractivity contribution in [2.45, 2.75) is 37.0 Å². The standard InChI is InChI=1S/C23H20F3N3O6/c24-23(25,26)10-17(20(31)29-18(21(32)33)9-19(30)28-29)27-22(34)35-11-16-14-7-3-1-5-12(14)13-6-2-4-8-15(13)16/h1-8,16-18H,9-11H2,(H,27,34)(H,28,30)(H,32,33). The van der Waals surface area contributed by atoms with Gasteiger partial charge in [-0.2, -0.15) is 13.2 Å². The molecule has 1 fully saturated rings. The van der Waals surface area contributed by atoms with Gasteiger partial charge < -0.3 is 15.2 Å². The molecule has 2 aromatic rings. The molecule has 0 bridgehead atoms. The molecule has 2 unspecified atom stereocenters. The van der Waals surface area contributed by atoms with Crippen LogP contribution in [0.1, 0.15) is 29.9 Å². The Hall–Kier alpha value is -4.09. The lowest BCUT2D eigenvalue weighted by Gasteiger charge is -2.27. The molecule has 0 spiro atoms. The highest BCUT2D eigenvalue weighted by molar-refractivity contribution is 5.96. The van der Waals surface area contributed by atoms with Gasteiger partial charge in [-0.3, -0.25) is 15.0 Å². The van der Waals surface area contributed by atoms with Crippen LogP contribution in [0.3, 0.4) is 0 Å². The van der Waals surface area contributed by atoms with Crippen molar-refractivity contribution >= 4 is 23.9 Å². The molecule has 9 nitrogen and oxygen atoms in total. The number of alkyl halides is 3. The third kappa shape index (κ3) is 5.05. The minimum Gasteiger partial charge on any atom is -0.480 e. The number of nitrogens with one attached hydrogen (secondary N) is 2. The Morgan fingerprint density at radius 2 is 1.66 bits per heavy atom. The Labute approximate surface area is 196 Å². The SMILES string of the molecule is O=C1CC(C(=O)O)N(C(=O)C(CC(F)(F)F)NC(=O)OCC2c3ccccc3-c3ccccc32)N1. The van der Waals surface area contributed by atoms with Crippen molar-refractivity contribution in [2.75, 3.05) is 6.61 Å². The summed E-state index contributed by atoms with van der Waals surface area (Å²) < 4.78 is 44.6. The lowest BCUT2D eigenvalue weighted by atomic mass is 9.98. The number of alkyl carbamates (subject to hydrolysis) is 1. The van der Waals surface area contributed by atoms with Crippen LogP contribution >= 0.6 is 0 Å². The van der Waals surface area contributed by atoms with Gasteiger partial charge in [-0.15, -0.1) is 0 Å². The number of amides is 3. The number of halogens is 3. The average Bonchev–Trinajstić information content (AvgIpc) is 3.34. The number of fused-ring (bicyclic) bond motifs is 3. The summed E-state index contributed by atoms with van der Waals surface area (Å²) in [6.07, 6.45) is -8.56. The summed E-state index contributed by atoms with van der Waals surface area (Å²) in [7, 11) is 0. The fraction of sp³-hybridized carbons (Fsp3) is 0.304. The topological polar surface area (TPSA) is 125 Å². The van der Waals surface area contributed by atoms with Crippen molar-refractivity contribution in [3.8, 4) is 11.1 Å². The number of carboxylic acid groups (broad SMARTS) is 1. The number of hydrazine groups is 1. The molecule has 1 saturated heterocycles. The zero-order valence-corrected chi connectivity index (χ0v) is 18.0. The fourth-order valence-electron chi connectivity index (χ4n) is 4.31. The van der Waals surface area contributed by atoms with Gasteiger partial charge in [-0.05, 0) is 22.3 Å². The second-order valence-corrected chi connectivity index (χ2v) is 8.14. The van der Waals surface area contributed by atoms with Crippen molar-refractivity contribution in [1.82, 2.24) is 15.8 Å². The van der Waals surface area contributed by atoms with Crippen molar-refractivity contribution in [1.29, 1.82) is 0 Å². The predicted molar refractivity (Wildman–Crippen MR) is 114 cm³/mol. The maximum Gasteiger partial charge on any atom is 0.407 e. The highest BCUT2D eigenvalue weighted by Gasteiger charge is 2.45. The zero-order valence-electron chi connectivity index (χ0n) is 18.0. The monoisotopic (exact) mass is 491 g/mol. The Morgan fingerprint density at radius 1 is 1.09 bits per heavy atom. The molecular weight excluding hydrogens is 471 g/mol. The summed E-state index contributed by atoms with van der Waals surface area (Å²) >= 11 is 0. The summed E-state index contributed by atoms with van der Waals surface area (Å²) in [6, 6.07) is 11.0. The molecule has 1 heterocycles. The first kappa shape index (κ1) is 24.0. The maximum atomic E-state index is 13.1. The molecule has 3 amide bonds. The molecule has 2 aromatic carbocycles. The van der Waals surface area contributed by atoms with Crippen molar-refractivity contribution in [2.24, 2.45) is 0 Å². The van der Waals surface area contributed by atoms with Gasteiger partial charge in [-0.1, -0.05) is 48.5 Å². The van der Waals surface area contributed by atoms with Crippen molar-refractivity contribution < 1.29 is 42.2 Å². The number of hydrogen-bond acceptors (Lipinski definition) is 5. The quantitative estimate of drug-likeness (QED) is 0.571. The van der Waals surface area contributed by atoms with Crippen LogP contribution in [-0.2, 0) is 19.1 Å². The van der Waals surface area contributed by atoms with E-state index in [2.05, 4.69) is 0 Å². The van der Waals surface area contributed by atoms with Gasteiger partial charge in [-0.25, -0.2) is 14.6 Å². The Bertz CT molecular complexity index is 1140. The molecule has 0 radical (unpaired) electrons. The Kier molecular flexibility index (Phi) is 6.37. The molecule has 12 heteroatoms. The molecule has 1 aliphatic heterocycles. The highest BCUT2D eigenvalue weighted by Crippen LogP contribution is 2.44. The van der Waals surface area contributed by atoms with E-state index >= 15 is 0 Å². The van der Waals surface area contributed by atoms with Gasteiger partial charge in [0.05, 0.1) is 12.8 Å². The largest absolute Gasteiger partial charge is 0.480 e. The molecule has 35 heavy (non-hydrogen) atoms. The van der Waals surface area contributed by atoms with E-state index in [0.29, 0.717) is 5.01 Å². The van der Waals surface area contributed by atoms with E-state index in [1.165, 1.54) is 0 Å². The van der Waals surface area contributed by atoms with Gasteiger partial charge in [0, 0.05) is 5.92 Å². The molecule has 0 aromatic heterocycles. The molecule has 2 aliphatic rings. The summed E-state index contributed by atoms with van der Waals surface area (Å²) in [5.41, 5.74) is 5.59. The molecular formula is C23H20F3N3O6. The van der Waals surface area contributed by atoms with Crippen LogP contribution in [0.4, 0.5) is 18.0 Å². The van der Waals surface area contributed by atoms with Gasteiger partial charge in [0.25, 0.3) is 5.91 Å². The first-order valence-corrected chi connectivity index (χ1v) is 10.6. The summed E-state index contributed by atoms with van der Waals surface area (Å²) in [5, 5.41) is 11.4. The Morgan fingerprint density at radius 3 is 2.20 bits per heavy atom. The average molecular weight is 491 g/mol. The number of ether oxygens (including phenoxy) is 1.